The molecular weight excluding hydrogens is 667 g/mol. The molecule has 0 atom stereocenters. The molecule has 0 bridgehead atoms. The first-order chi connectivity index (χ1) is 27.3. The van der Waals surface area contributed by atoms with Gasteiger partial charge >= 0.3 is 0 Å². The highest BCUT2D eigenvalue weighted by molar-refractivity contribution is 6.10. The molecule has 8 aromatic carbocycles. The molecule has 0 saturated carbocycles. The lowest BCUT2D eigenvalue weighted by Crippen LogP contribution is -2.10. The van der Waals surface area contributed by atoms with Crippen molar-refractivity contribution in [2.24, 2.45) is 0 Å². The second kappa shape index (κ2) is 14.0. The molecule has 1 aliphatic carbocycles. The third-order valence-electron chi connectivity index (χ3n) is 10.8. The molecule has 2 heteroatoms. The van der Waals surface area contributed by atoms with Crippen LogP contribution in [0.2, 0.25) is 0 Å². The third kappa shape index (κ3) is 6.04. The Morgan fingerprint density at radius 3 is 1.75 bits per heavy atom. The molecule has 0 aliphatic heterocycles. The number of nitrogens with zero attached hydrogens (tertiary/aromatic N) is 1. The summed E-state index contributed by atoms with van der Waals surface area (Å²) in [6.07, 6.45) is 13.0. The SMILES string of the molecule is C1=CC=CC(c2ccc(-c3ccc(N(c4ccc(-c5ccccc5)cc4)c4cccc5ccccc45)cc3)cc2-c2cccc3c2oc2ccccc23)C=C1. The van der Waals surface area contributed by atoms with Crippen molar-refractivity contribution >= 4 is 49.8 Å². The van der Waals surface area contributed by atoms with Gasteiger partial charge in [-0.15, -0.1) is 0 Å². The Balaban J connectivity index is 1.09. The lowest BCUT2D eigenvalue weighted by molar-refractivity contribution is 0.670. The van der Waals surface area contributed by atoms with Crippen molar-refractivity contribution in [3.63, 3.8) is 0 Å². The van der Waals surface area contributed by atoms with Crippen molar-refractivity contribution in [3.05, 3.63) is 224 Å². The predicted molar refractivity (Wildman–Crippen MR) is 232 cm³/mol. The van der Waals surface area contributed by atoms with Crippen LogP contribution in [0.25, 0.3) is 66.1 Å². The van der Waals surface area contributed by atoms with Crippen LogP contribution in [0.15, 0.2) is 223 Å². The highest BCUT2D eigenvalue weighted by Crippen LogP contribution is 2.43. The second-order valence-electron chi connectivity index (χ2n) is 14.1. The summed E-state index contributed by atoms with van der Waals surface area (Å²) in [5.74, 6) is 0.128. The number of anilines is 3. The van der Waals surface area contributed by atoms with Gasteiger partial charge in [0.25, 0.3) is 0 Å². The topological polar surface area (TPSA) is 16.4 Å². The molecule has 0 spiro atoms. The van der Waals surface area contributed by atoms with Crippen molar-refractivity contribution in [2.45, 2.75) is 5.92 Å². The molecule has 0 saturated heterocycles. The van der Waals surface area contributed by atoms with Crippen molar-refractivity contribution in [1.82, 2.24) is 0 Å². The first kappa shape index (κ1) is 32.5. The molecule has 0 N–H and O–H groups in total. The summed E-state index contributed by atoms with van der Waals surface area (Å²) in [5.41, 5.74) is 13.4. The minimum absolute atomic E-state index is 0.128. The lowest BCUT2D eigenvalue weighted by Gasteiger charge is -2.27. The fourth-order valence-electron chi connectivity index (χ4n) is 8.05. The summed E-state index contributed by atoms with van der Waals surface area (Å²) in [7, 11) is 0. The van der Waals surface area contributed by atoms with Gasteiger partial charge in [0.1, 0.15) is 11.2 Å². The molecular formula is C53H37NO. The van der Waals surface area contributed by atoms with E-state index in [9.17, 15) is 0 Å². The van der Waals surface area contributed by atoms with E-state index in [0.29, 0.717) is 0 Å². The zero-order valence-electron chi connectivity index (χ0n) is 30.2. The number of benzene rings is 8. The quantitative estimate of drug-likeness (QED) is 0.164. The Hall–Kier alpha value is -7.16. The zero-order chi connectivity index (χ0) is 36.6. The summed E-state index contributed by atoms with van der Waals surface area (Å²) < 4.78 is 6.59. The van der Waals surface area contributed by atoms with Crippen molar-refractivity contribution in [2.75, 3.05) is 4.90 Å². The van der Waals surface area contributed by atoms with Gasteiger partial charge < -0.3 is 9.32 Å². The third-order valence-corrected chi connectivity index (χ3v) is 10.8. The van der Waals surface area contributed by atoms with Crippen LogP contribution in [0.5, 0.6) is 0 Å². The van der Waals surface area contributed by atoms with Gasteiger partial charge in [-0.25, -0.2) is 0 Å². The van der Waals surface area contributed by atoms with Crippen LogP contribution in [0.3, 0.4) is 0 Å². The molecule has 9 aromatic rings. The molecule has 0 amide bonds. The molecule has 1 aliphatic rings. The van der Waals surface area contributed by atoms with Gasteiger partial charge in [-0.05, 0) is 81.2 Å². The Kier molecular flexibility index (Phi) is 8.27. The van der Waals surface area contributed by atoms with E-state index in [0.717, 1.165) is 55.7 Å². The maximum Gasteiger partial charge on any atom is 0.143 e. The van der Waals surface area contributed by atoms with E-state index in [1.165, 1.54) is 33.0 Å². The monoisotopic (exact) mass is 703 g/mol. The van der Waals surface area contributed by atoms with E-state index in [4.69, 9.17) is 4.42 Å². The standard InChI is InChI=1S/C53H37NO/c1-2-5-17-40(16-4-1)45-35-30-42(36-50(45)49-23-13-22-48-47-21-10-11-25-52(47)55-53(48)49)39-28-33-44(34-29-39)54(51-24-12-19-41-18-8-9-20-46(41)51)43-31-26-38(27-32-43)37-14-6-3-7-15-37/h1-36,40H. The molecule has 260 valence electrons. The van der Waals surface area contributed by atoms with Crippen LogP contribution in [0.1, 0.15) is 11.5 Å². The highest BCUT2D eigenvalue weighted by Gasteiger charge is 2.20. The largest absolute Gasteiger partial charge is 0.455 e. The van der Waals surface area contributed by atoms with E-state index in [-0.39, 0.29) is 5.92 Å². The summed E-state index contributed by atoms with van der Waals surface area (Å²) >= 11 is 0. The molecule has 2 nitrogen and oxygen atoms in total. The Morgan fingerprint density at radius 2 is 0.982 bits per heavy atom. The molecule has 0 fully saturated rings. The van der Waals surface area contributed by atoms with E-state index in [1.54, 1.807) is 0 Å². The number of allylic oxidation sites excluding steroid dienone is 6. The Labute approximate surface area is 321 Å². The summed E-state index contributed by atoms with van der Waals surface area (Å²) in [6.45, 7) is 0. The second-order valence-corrected chi connectivity index (χ2v) is 14.1. The number of hydrogen-bond donors (Lipinski definition) is 0. The minimum atomic E-state index is 0.128. The molecule has 0 radical (unpaired) electrons. The van der Waals surface area contributed by atoms with Crippen LogP contribution in [-0.4, -0.2) is 0 Å². The van der Waals surface area contributed by atoms with Crippen LogP contribution < -0.4 is 4.90 Å². The van der Waals surface area contributed by atoms with Gasteiger partial charge in [0.15, 0.2) is 0 Å². The van der Waals surface area contributed by atoms with E-state index in [1.807, 2.05) is 6.07 Å². The minimum Gasteiger partial charge on any atom is -0.455 e. The molecule has 55 heavy (non-hydrogen) atoms. The van der Waals surface area contributed by atoms with Gasteiger partial charge in [-0.1, -0.05) is 176 Å². The lowest BCUT2D eigenvalue weighted by atomic mass is 9.87. The van der Waals surface area contributed by atoms with Gasteiger partial charge in [-0.2, -0.15) is 0 Å². The number of rotatable bonds is 7. The first-order valence-electron chi connectivity index (χ1n) is 18.9. The van der Waals surface area contributed by atoms with Gasteiger partial charge in [0.2, 0.25) is 0 Å². The molecule has 10 rings (SSSR count). The van der Waals surface area contributed by atoms with E-state index >= 15 is 0 Å². The van der Waals surface area contributed by atoms with Crippen LogP contribution in [0.4, 0.5) is 17.1 Å². The van der Waals surface area contributed by atoms with E-state index < -0.39 is 0 Å². The summed E-state index contributed by atoms with van der Waals surface area (Å²) in [6, 6.07) is 65.4. The van der Waals surface area contributed by atoms with Crippen molar-refractivity contribution in [3.8, 4) is 33.4 Å². The maximum atomic E-state index is 6.59. The zero-order valence-corrected chi connectivity index (χ0v) is 30.2. The van der Waals surface area contributed by atoms with Gasteiger partial charge in [0.05, 0.1) is 5.69 Å². The van der Waals surface area contributed by atoms with Crippen LogP contribution >= 0.6 is 0 Å². The van der Waals surface area contributed by atoms with Crippen molar-refractivity contribution < 1.29 is 4.42 Å². The average Bonchev–Trinajstić information content (AvgIpc) is 3.42. The average molecular weight is 704 g/mol. The summed E-state index contributed by atoms with van der Waals surface area (Å²) in [4.78, 5) is 2.37. The predicted octanol–water partition coefficient (Wildman–Crippen LogP) is 15.0. The Bertz CT molecular complexity index is 2890. The number of hydrogen-bond acceptors (Lipinski definition) is 2. The molecule has 1 heterocycles. The van der Waals surface area contributed by atoms with Crippen molar-refractivity contribution in [1.29, 1.82) is 0 Å². The first-order valence-corrected chi connectivity index (χ1v) is 18.9. The number of furan rings is 1. The molecule has 1 aromatic heterocycles. The summed E-state index contributed by atoms with van der Waals surface area (Å²) in [5, 5.41) is 4.69. The van der Waals surface area contributed by atoms with Crippen LogP contribution in [0, 0.1) is 0 Å². The number of fused-ring (bicyclic) bond motifs is 4. The fraction of sp³-hybridized carbons (Fsp3) is 0.0189. The normalized spacial score (nSPS) is 12.8. The van der Waals surface area contributed by atoms with E-state index in [2.05, 4.69) is 217 Å². The smallest absolute Gasteiger partial charge is 0.143 e. The fourth-order valence-corrected chi connectivity index (χ4v) is 8.05. The molecule has 0 unspecified atom stereocenters. The number of para-hydroxylation sites is 2. The van der Waals surface area contributed by atoms with Crippen LogP contribution in [-0.2, 0) is 0 Å². The van der Waals surface area contributed by atoms with Gasteiger partial charge in [-0.3, -0.25) is 0 Å². The maximum absolute atomic E-state index is 6.59. The van der Waals surface area contributed by atoms with Gasteiger partial charge in [0, 0.05) is 39.0 Å². The highest BCUT2D eigenvalue weighted by atomic mass is 16.3. The Morgan fingerprint density at radius 1 is 0.400 bits per heavy atom.